The maximum absolute atomic E-state index is 10.9. The zero-order valence-electron chi connectivity index (χ0n) is 8.14. The number of hydrogen-bond acceptors (Lipinski definition) is 8. The van der Waals surface area contributed by atoms with Crippen LogP contribution in [0.1, 0.15) is 6.42 Å². The fourth-order valence-corrected chi connectivity index (χ4v) is 1.63. The summed E-state index contributed by atoms with van der Waals surface area (Å²) in [4.78, 5) is 15.2. The van der Waals surface area contributed by atoms with Crippen molar-refractivity contribution < 1.29 is 9.63 Å². The number of hydrogen-bond donors (Lipinski definition) is 3. The summed E-state index contributed by atoms with van der Waals surface area (Å²) < 4.78 is 1.64. The molecule has 84 valence electrons. The summed E-state index contributed by atoms with van der Waals surface area (Å²) in [6.07, 6.45) is 0.224. The van der Waals surface area contributed by atoms with E-state index in [0.29, 0.717) is 16.9 Å². The van der Waals surface area contributed by atoms with Gasteiger partial charge in [-0.05, 0) is 0 Å². The zero-order valence-corrected chi connectivity index (χ0v) is 8.95. The van der Waals surface area contributed by atoms with Crippen LogP contribution in [0, 0.1) is 0 Å². The lowest BCUT2D eigenvalue weighted by Crippen LogP contribution is -2.26. The normalized spacial score (nSPS) is 10.3. The molecule has 0 aliphatic heterocycles. The number of nitrogens with one attached hydrogen (secondary N) is 1. The molecule has 0 spiro atoms. The third-order valence-corrected chi connectivity index (χ3v) is 2.60. The van der Waals surface area contributed by atoms with Gasteiger partial charge in [-0.1, -0.05) is 17.4 Å². The van der Waals surface area contributed by atoms with Crippen LogP contribution < -0.4 is 17.2 Å². The molecule has 0 aliphatic carbocycles. The Kier molecular flexibility index (Phi) is 4.34. The second kappa shape index (κ2) is 5.53. The molecule has 1 heterocycles. The molecule has 0 fully saturated rings. The molecule has 0 amide bonds. The summed E-state index contributed by atoms with van der Waals surface area (Å²) in [6, 6.07) is 0. The van der Waals surface area contributed by atoms with Crippen molar-refractivity contribution in [2.24, 2.45) is 12.9 Å². The first kappa shape index (κ1) is 11.8. The Morgan fingerprint density at radius 1 is 1.67 bits per heavy atom. The van der Waals surface area contributed by atoms with Crippen LogP contribution in [0.5, 0.6) is 0 Å². The number of nitrogens with zero attached hydrogens (tertiary/aromatic N) is 3. The van der Waals surface area contributed by atoms with Gasteiger partial charge in [0.2, 0.25) is 5.95 Å². The number of hydrazine groups is 1. The fraction of sp³-hybridized carbons (Fsp3) is 0.500. The Morgan fingerprint density at radius 3 is 2.93 bits per heavy atom. The molecular formula is C6H12N6O2S. The molecule has 0 aliphatic rings. The van der Waals surface area contributed by atoms with Gasteiger partial charge in [-0.2, -0.15) is 0 Å². The van der Waals surface area contributed by atoms with Gasteiger partial charge in [0.15, 0.2) is 5.16 Å². The largest absolute Gasteiger partial charge is 0.368 e. The number of rotatable bonds is 5. The first-order valence-electron chi connectivity index (χ1n) is 4.08. The molecule has 0 radical (unpaired) electrons. The van der Waals surface area contributed by atoms with Gasteiger partial charge in [0.25, 0.3) is 0 Å². The third-order valence-electron chi connectivity index (χ3n) is 1.58. The Morgan fingerprint density at radius 2 is 2.40 bits per heavy atom. The minimum absolute atomic E-state index is 0.224. The van der Waals surface area contributed by atoms with Crippen LogP contribution >= 0.6 is 11.8 Å². The van der Waals surface area contributed by atoms with Crippen LogP contribution in [0.15, 0.2) is 5.16 Å². The fourth-order valence-electron chi connectivity index (χ4n) is 0.794. The topological polar surface area (TPSA) is 121 Å². The van der Waals surface area contributed by atoms with Crippen LogP contribution in [0.2, 0.25) is 0 Å². The van der Waals surface area contributed by atoms with Crippen molar-refractivity contribution in [2.45, 2.75) is 11.6 Å². The lowest BCUT2D eigenvalue weighted by Gasteiger charge is -2.01. The molecule has 15 heavy (non-hydrogen) atoms. The Hall–Kier alpha value is -1.32. The van der Waals surface area contributed by atoms with E-state index in [-0.39, 0.29) is 6.42 Å². The minimum Gasteiger partial charge on any atom is -0.368 e. The predicted octanol–water partition coefficient (Wildman–Crippen LogP) is -1.20. The minimum atomic E-state index is -0.430. The van der Waals surface area contributed by atoms with E-state index in [1.54, 1.807) is 11.6 Å². The van der Waals surface area contributed by atoms with Gasteiger partial charge in [-0.25, -0.2) is 5.84 Å². The molecular weight excluding hydrogens is 220 g/mol. The van der Waals surface area contributed by atoms with Gasteiger partial charge in [-0.3, -0.25) is 9.36 Å². The van der Waals surface area contributed by atoms with Crippen molar-refractivity contribution in [2.75, 3.05) is 11.5 Å². The van der Waals surface area contributed by atoms with E-state index in [0.717, 1.165) is 0 Å². The second-order valence-corrected chi connectivity index (χ2v) is 3.65. The van der Waals surface area contributed by atoms with Crippen molar-refractivity contribution in [3.63, 3.8) is 0 Å². The van der Waals surface area contributed by atoms with E-state index in [1.807, 2.05) is 5.59 Å². The highest BCUT2D eigenvalue weighted by atomic mass is 32.2. The smallest absolute Gasteiger partial charge is 0.327 e. The third kappa shape index (κ3) is 3.38. The molecule has 0 saturated carbocycles. The summed E-state index contributed by atoms with van der Waals surface area (Å²) in [5.74, 6) is 5.22. The number of carbonyl (C=O) groups is 1. The molecule has 9 heteroatoms. The first-order chi connectivity index (χ1) is 7.15. The molecule has 1 aromatic rings. The van der Waals surface area contributed by atoms with Crippen LogP contribution in [0.3, 0.4) is 0 Å². The molecule has 8 nitrogen and oxygen atoms in total. The van der Waals surface area contributed by atoms with E-state index in [1.165, 1.54) is 11.8 Å². The zero-order chi connectivity index (χ0) is 11.3. The number of carbonyl (C=O) groups excluding carboxylic acids is 1. The maximum atomic E-state index is 10.9. The van der Waals surface area contributed by atoms with Crippen LogP contribution in [0.4, 0.5) is 5.95 Å². The quantitative estimate of drug-likeness (QED) is 0.329. The highest BCUT2D eigenvalue weighted by Gasteiger charge is 2.08. The molecule has 0 bridgehead atoms. The monoisotopic (exact) mass is 232 g/mol. The van der Waals surface area contributed by atoms with E-state index >= 15 is 0 Å². The van der Waals surface area contributed by atoms with E-state index in [2.05, 4.69) is 15.0 Å². The number of aromatic nitrogens is 3. The molecule has 0 atom stereocenters. The SMILES string of the molecule is Cn1c(N)nnc1SCCC(=O)ONN. The van der Waals surface area contributed by atoms with E-state index in [9.17, 15) is 4.79 Å². The first-order valence-corrected chi connectivity index (χ1v) is 5.06. The van der Waals surface area contributed by atoms with E-state index in [4.69, 9.17) is 11.6 Å². The molecule has 0 unspecified atom stereocenters. The Bertz CT molecular complexity index is 340. The predicted molar refractivity (Wildman–Crippen MR) is 54.2 cm³/mol. The molecule has 0 aromatic carbocycles. The number of anilines is 1. The summed E-state index contributed by atoms with van der Waals surface area (Å²) in [7, 11) is 1.75. The van der Waals surface area contributed by atoms with Crippen LogP contribution in [0.25, 0.3) is 0 Å². The molecule has 1 rings (SSSR count). The average Bonchev–Trinajstić information content (AvgIpc) is 2.50. The summed E-state index contributed by atoms with van der Waals surface area (Å²) in [5.41, 5.74) is 7.30. The lowest BCUT2D eigenvalue weighted by atomic mass is 10.5. The van der Waals surface area contributed by atoms with Crippen LogP contribution in [-0.2, 0) is 16.7 Å². The lowest BCUT2D eigenvalue weighted by molar-refractivity contribution is -0.150. The van der Waals surface area contributed by atoms with Crippen molar-refractivity contribution >= 4 is 23.7 Å². The van der Waals surface area contributed by atoms with Crippen molar-refractivity contribution in [3.8, 4) is 0 Å². The van der Waals surface area contributed by atoms with Gasteiger partial charge in [0.1, 0.15) is 0 Å². The van der Waals surface area contributed by atoms with Gasteiger partial charge in [0.05, 0.1) is 6.42 Å². The standard InChI is InChI=1S/C6H12N6O2S/c1-12-5(7)9-10-6(12)15-3-2-4(13)14-11-8/h11H,2-3,8H2,1H3,(H2,7,9). The van der Waals surface area contributed by atoms with Crippen molar-refractivity contribution in [1.29, 1.82) is 0 Å². The molecule has 0 saturated heterocycles. The summed E-state index contributed by atoms with van der Waals surface area (Å²) in [5, 5.41) is 8.14. The second-order valence-electron chi connectivity index (χ2n) is 2.59. The van der Waals surface area contributed by atoms with Crippen LogP contribution in [-0.4, -0.2) is 26.5 Å². The van der Waals surface area contributed by atoms with Crippen molar-refractivity contribution in [3.05, 3.63) is 0 Å². The van der Waals surface area contributed by atoms with Gasteiger partial charge in [-0.15, -0.1) is 10.2 Å². The van der Waals surface area contributed by atoms with Gasteiger partial charge in [0, 0.05) is 12.8 Å². The van der Waals surface area contributed by atoms with Gasteiger partial charge >= 0.3 is 5.97 Å². The summed E-state index contributed by atoms with van der Waals surface area (Å²) >= 11 is 1.36. The summed E-state index contributed by atoms with van der Waals surface area (Å²) in [6.45, 7) is 0. The Labute approximate surface area is 90.3 Å². The van der Waals surface area contributed by atoms with Gasteiger partial charge < -0.3 is 10.6 Å². The number of nitrogen functional groups attached to an aromatic ring is 1. The molecule has 1 aromatic heterocycles. The Balaban J connectivity index is 2.32. The number of nitrogens with two attached hydrogens (primary N) is 2. The average molecular weight is 232 g/mol. The highest BCUT2D eigenvalue weighted by Crippen LogP contribution is 2.16. The number of thioether (sulfide) groups is 1. The van der Waals surface area contributed by atoms with Crippen molar-refractivity contribution in [1.82, 2.24) is 20.4 Å². The highest BCUT2D eigenvalue weighted by molar-refractivity contribution is 7.99. The van der Waals surface area contributed by atoms with E-state index < -0.39 is 5.97 Å². The maximum Gasteiger partial charge on any atom is 0.327 e. The molecule has 5 N–H and O–H groups in total.